The zero-order valence-electron chi connectivity index (χ0n) is 18.7. The number of halogens is 1. The minimum Gasteiger partial charge on any atom is -0.494 e. The summed E-state index contributed by atoms with van der Waals surface area (Å²) in [7, 11) is 6.64. The minimum absolute atomic E-state index is 0.0487. The third-order valence-corrected chi connectivity index (χ3v) is 6.05. The van der Waals surface area contributed by atoms with Gasteiger partial charge in [-0.05, 0) is 31.0 Å². The van der Waals surface area contributed by atoms with Crippen LogP contribution in [0.25, 0.3) is 11.3 Å². The maximum Gasteiger partial charge on any atom is 0.410 e. The highest BCUT2D eigenvalue weighted by molar-refractivity contribution is 6.04. The number of benzene rings is 1. The van der Waals surface area contributed by atoms with Crippen LogP contribution >= 0.6 is 0 Å². The number of hydrogen-bond acceptors (Lipinski definition) is 7. The molecular formula is C22H27FN4O5. The van der Waals surface area contributed by atoms with E-state index in [-0.39, 0.29) is 23.5 Å². The Hall–Kier alpha value is -3.30. The molecule has 1 unspecified atom stereocenters. The number of carbonyl (C=O) groups excluding carboxylic acids is 2. The fourth-order valence-corrected chi connectivity index (χ4v) is 4.36. The number of aromatic nitrogens is 1. The molecule has 32 heavy (non-hydrogen) atoms. The van der Waals surface area contributed by atoms with Gasteiger partial charge in [-0.15, -0.1) is 0 Å². The van der Waals surface area contributed by atoms with Crippen LogP contribution in [0, 0.1) is 5.82 Å². The lowest BCUT2D eigenvalue weighted by Crippen LogP contribution is -2.37. The fraction of sp³-hybridized carbons (Fsp3) is 0.500. The lowest BCUT2D eigenvalue weighted by molar-refractivity contribution is 0.0439. The molecule has 0 N–H and O–H groups in total. The molecule has 1 aromatic carbocycles. The van der Waals surface area contributed by atoms with Crippen LogP contribution in [0.1, 0.15) is 29.6 Å². The number of hydrogen-bond donors (Lipinski definition) is 0. The van der Waals surface area contributed by atoms with E-state index in [2.05, 4.69) is 5.16 Å². The number of likely N-dealkylation sites (tertiary alicyclic amines) is 1. The van der Waals surface area contributed by atoms with E-state index in [9.17, 15) is 14.0 Å². The van der Waals surface area contributed by atoms with Gasteiger partial charge in [0.2, 0.25) is 0 Å². The number of rotatable bonds is 4. The van der Waals surface area contributed by atoms with Crippen molar-refractivity contribution >= 4 is 17.8 Å². The average molecular weight is 446 g/mol. The third kappa shape index (κ3) is 3.85. The molecule has 1 spiro atoms. The second-order valence-electron chi connectivity index (χ2n) is 8.51. The van der Waals surface area contributed by atoms with E-state index in [1.54, 1.807) is 35.8 Å². The largest absolute Gasteiger partial charge is 0.494 e. The van der Waals surface area contributed by atoms with Crippen molar-refractivity contribution in [1.29, 1.82) is 0 Å². The highest BCUT2D eigenvalue weighted by atomic mass is 19.1. The summed E-state index contributed by atoms with van der Waals surface area (Å²) in [5, 5.41) is 4.09. The van der Waals surface area contributed by atoms with E-state index in [1.807, 2.05) is 0 Å². The molecule has 1 aromatic heterocycles. The maximum atomic E-state index is 13.9. The normalized spacial score (nSPS) is 21.0. The number of amides is 2. The van der Waals surface area contributed by atoms with Crippen LogP contribution < -0.4 is 9.64 Å². The molecule has 2 saturated heterocycles. The van der Waals surface area contributed by atoms with Crippen molar-refractivity contribution in [1.82, 2.24) is 15.0 Å². The first-order valence-electron chi connectivity index (χ1n) is 10.5. The van der Waals surface area contributed by atoms with Crippen LogP contribution in [-0.4, -0.2) is 80.4 Å². The molecule has 10 heteroatoms. The third-order valence-electron chi connectivity index (χ3n) is 6.05. The monoisotopic (exact) mass is 446 g/mol. The lowest BCUT2D eigenvalue weighted by atomic mass is 9.95. The summed E-state index contributed by atoms with van der Waals surface area (Å²) in [5.41, 5.74) is 0.234. The van der Waals surface area contributed by atoms with Crippen molar-refractivity contribution < 1.29 is 28.0 Å². The summed E-state index contributed by atoms with van der Waals surface area (Å²) in [6.45, 7) is 1.47. The van der Waals surface area contributed by atoms with Crippen LogP contribution in [0.4, 0.5) is 15.0 Å². The van der Waals surface area contributed by atoms with E-state index >= 15 is 0 Å². The van der Waals surface area contributed by atoms with E-state index in [1.165, 1.54) is 25.3 Å². The molecule has 3 heterocycles. The number of nitrogens with zero attached hydrogens (tertiary/aromatic N) is 4. The van der Waals surface area contributed by atoms with Crippen LogP contribution in [0.5, 0.6) is 5.75 Å². The SMILES string of the molecule is COc1cc(-c2onc(N(C)C)c2C(=O)N2CCCC3(CC2)CN(C)C(=O)O3)ccc1F. The molecule has 9 nitrogen and oxygen atoms in total. The zero-order valence-corrected chi connectivity index (χ0v) is 18.7. The van der Waals surface area contributed by atoms with Gasteiger partial charge in [0.05, 0.1) is 13.7 Å². The lowest BCUT2D eigenvalue weighted by Gasteiger charge is -2.25. The molecule has 2 aromatic rings. The van der Waals surface area contributed by atoms with E-state index < -0.39 is 11.4 Å². The molecular weight excluding hydrogens is 419 g/mol. The second kappa shape index (κ2) is 8.33. The Balaban J connectivity index is 1.65. The molecule has 0 bridgehead atoms. The first kappa shape index (κ1) is 21.9. The quantitative estimate of drug-likeness (QED) is 0.713. The van der Waals surface area contributed by atoms with Crippen molar-refractivity contribution in [2.75, 3.05) is 52.8 Å². The van der Waals surface area contributed by atoms with Gasteiger partial charge in [0.1, 0.15) is 11.2 Å². The van der Waals surface area contributed by atoms with Crippen LogP contribution in [0.3, 0.4) is 0 Å². The van der Waals surface area contributed by atoms with E-state index in [0.29, 0.717) is 55.8 Å². The molecule has 2 aliphatic heterocycles. The maximum absolute atomic E-state index is 13.9. The molecule has 172 valence electrons. The number of methoxy groups -OCH3 is 1. The molecule has 2 fully saturated rings. The molecule has 2 amide bonds. The minimum atomic E-state index is -0.562. The highest BCUT2D eigenvalue weighted by Gasteiger charge is 2.45. The number of anilines is 1. The number of ether oxygens (including phenoxy) is 2. The Morgan fingerprint density at radius 3 is 2.72 bits per heavy atom. The van der Waals surface area contributed by atoms with Crippen molar-refractivity contribution in [3.63, 3.8) is 0 Å². The summed E-state index contributed by atoms with van der Waals surface area (Å²) in [6.07, 6.45) is 1.62. The Morgan fingerprint density at radius 1 is 1.28 bits per heavy atom. The standard InChI is InChI=1S/C22H27FN4O5/c1-25(2)19-17(18(32-24-19)14-6-7-15(23)16(12-14)30-4)20(28)27-10-5-8-22(9-11-27)13-26(3)21(29)31-22/h6-7,12H,5,8-11,13H2,1-4H3. The van der Waals surface area contributed by atoms with E-state index in [4.69, 9.17) is 14.0 Å². The van der Waals surface area contributed by atoms with Gasteiger partial charge in [-0.25, -0.2) is 9.18 Å². The summed E-state index contributed by atoms with van der Waals surface area (Å²) >= 11 is 0. The van der Waals surface area contributed by atoms with Gasteiger partial charge in [-0.3, -0.25) is 4.79 Å². The predicted molar refractivity (Wildman–Crippen MR) is 114 cm³/mol. The topological polar surface area (TPSA) is 88.4 Å². The predicted octanol–water partition coefficient (Wildman–Crippen LogP) is 3.00. The molecule has 0 saturated carbocycles. The van der Waals surface area contributed by atoms with Crippen molar-refractivity contribution in [3.05, 3.63) is 29.6 Å². The van der Waals surface area contributed by atoms with Gasteiger partial charge in [-0.1, -0.05) is 5.16 Å². The van der Waals surface area contributed by atoms with Gasteiger partial charge in [-0.2, -0.15) is 0 Å². The zero-order chi connectivity index (χ0) is 23.0. The van der Waals surface area contributed by atoms with Crippen molar-refractivity contribution in [2.45, 2.75) is 24.9 Å². The van der Waals surface area contributed by atoms with Crippen LogP contribution in [-0.2, 0) is 4.74 Å². The van der Waals surface area contributed by atoms with Crippen LogP contribution in [0.2, 0.25) is 0 Å². The molecule has 0 aliphatic carbocycles. The first-order valence-corrected chi connectivity index (χ1v) is 10.5. The molecule has 0 radical (unpaired) electrons. The summed E-state index contributed by atoms with van der Waals surface area (Å²) in [6, 6.07) is 4.28. The van der Waals surface area contributed by atoms with Crippen molar-refractivity contribution in [3.8, 4) is 17.1 Å². The van der Waals surface area contributed by atoms with Crippen molar-refractivity contribution in [2.24, 2.45) is 0 Å². The van der Waals surface area contributed by atoms with Gasteiger partial charge >= 0.3 is 6.09 Å². The van der Waals surface area contributed by atoms with E-state index in [0.717, 1.165) is 0 Å². The van der Waals surface area contributed by atoms with Gasteiger partial charge in [0, 0.05) is 46.2 Å². The Labute approximate surface area is 185 Å². The summed E-state index contributed by atoms with van der Waals surface area (Å²) in [5.74, 6) is -0.0526. The average Bonchev–Trinajstić information content (AvgIpc) is 3.25. The first-order chi connectivity index (χ1) is 15.2. The Morgan fingerprint density at radius 2 is 2.06 bits per heavy atom. The number of carbonyl (C=O) groups is 2. The van der Waals surface area contributed by atoms with Gasteiger partial charge < -0.3 is 28.7 Å². The van der Waals surface area contributed by atoms with Gasteiger partial charge in [0.25, 0.3) is 5.91 Å². The fourth-order valence-electron chi connectivity index (χ4n) is 4.36. The Bertz CT molecular complexity index is 1040. The van der Waals surface area contributed by atoms with Gasteiger partial charge in [0.15, 0.2) is 23.1 Å². The molecule has 2 aliphatic rings. The highest BCUT2D eigenvalue weighted by Crippen LogP contribution is 2.36. The second-order valence-corrected chi connectivity index (χ2v) is 8.51. The Kier molecular flexibility index (Phi) is 5.70. The number of likely N-dealkylation sites (N-methyl/N-ethyl adjacent to an activating group) is 1. The summed E-state index contributed by atoms with van der Waals surface area (Å²) < 4.78 is 30.2. The smallest absolute Gasteiger partial charge is 0.410 e. The van der Waals surface area contributed by atoms with Crippen LogP contribution in [0.15, 0.2) is 22.7 Å². The molecule has 1 atom stereocenters. The molecule has 4 rings (SSSR count). The summed E-state index contributed by atoms with van der Waals surface area (Å²) in [4.78, 5) is 30.6.